The number of aliphatic carboxylic acids is 1. The van der Waals surface area contributed by atoms with E-state index in [1.54, 1.807) is 11.8 Å². The molecule has 1 fully saturated rings. The van der Waals surface area contributed by atoms with Crippen LogP contribution < -0.4 is 0 Å². The summed E-state index contributed by atoms with van der Waals surface area (Å²) in [7, 11) is 0. The summed E-state index contributed by atoms with van der Waals surface area (Å²) in [6, 6.07) is 8.06. The quantitative estimate of drug-likeness (QED) is 0.927. The number of carbonyl (C=O) groups is 2. The molecule has 0 aromatic heterocycles. The fourth-order valence-corrected chi connectivity index (χ4v) is 2.92. The molecule has 1 unspecified atom stereocenters. The van der Waals surface area contributed by atoms with Gasteiger partial charge in [-0.1, -0.05) is 24.3 Å². The Hall–Kier alpha value is -1.84. The third-order valence-electron chi connectivity index (χ3n) is 4.43. The molecule has 4 heteroatoms. The Balaban J connectivity index is 1.94. The second-order valence-corrected chi connectivity index (χ2v) is 6.21. The van der Waals surface area contributed by atoms with Crippen LogP contribution in [0.5, 0.6) is 0 Å². The lowest BCUT2D eigenvalue weighted by molar-refractivity contribution is -0.153. The van der Waals surface area contributed by atoms with Crippen molar-refractivity contribution in [3.63, 3.8) is 0 Å². The van der Waals surface area contributed by atoms with Gasteiger partial charge in [0.1, 0.15) is 0 Å². The lowest BCUT2D eigenvalue weighted by Gasteiger charge is -2.37. The molecule has 1 aromatic rings. The van der Waals surface area contributed by atoms with Crippen molar-refractivity contribution in [2.24, 2.45) is 5.41 Å². The van der Waals surface area contributed by atoms with E-state index >= 15 is 0 Å². The van der Waals surface area contributed by atoms with Gasteiger partial charge in [0.05, 0.1) is 5.41 Å². The minimum absolute atomic E-state index is 0.0606. The number of rotatable bonds is 4. The molecule has 1 heterocycles. The van der Waals surface area contributed by atoms with Crippen LogP contribution in [0.25, 0.3) is 0 Å². The highest BCUT2D eigenvalue weighted by atomic mass is 16.4. The average Bonchev–Trinajstić information content (AvgIpc) is 2.46. The lowest BCUT2D eigenvalue weighted by Crippen LogP contribution is -2.48. The summed E-state index contributed by atoms with van der Waals surface area (Å²) in [5.41, 5.74) is 1.58. The molecule has 0 saturated carbocycles. The van der Waals surface area contributed by atoms with Crippen LogP contribution in [0, 0.1) is 12.3 Å². The maximum atomic E-state index is 12.3. The maximum absolute atomic E-state index is 12.3. The molecule has 1 atom stereocenters. The molecular weight excluding hydrogens is 266 g/mol. The fraction of sp³-hybridized carbons (Fsp3) is 0.529. The second-order valence-electron chi connectivity index (χ2n) is 6.21. The van der Waals surface area contributed by atoms with E-state index in [0.29, 0.717) is 32.4 Å². The first-order chi connectivity index (χ1) is 9.92. The van der Waals surface area contributed by atoms with Gasteiger partial charge < -0.3 is 10.0 Å². The number of nitrogens with zero attached hydrogens (tertiary/aromatic N) is 1. The summed E-state index contributed by atoms with van der Waals surface area (Å²) in [5.74, 6) is -0.746. The van der Waals surface area contributed by atoms with Gasteiger partial charge in [-0.05, 0) is 44.2 Å². The number of likely N-dealkylation sites (tertiary alicyclic amines) is 1. The van der Waals surface area contributed by atoms with Crippen molar-refractivity contribution in [3.8, 4) is 0 Å². The SMILES string of the molecule is Cc1ccccc1CCC(=O)N1CCCC(C)(C(=O)O)C1. The van der Waals surface area contributed by atoms with Crippen molar-refractivity contribution in [1.29, 1.82) is 0 Å². The zero-order valence-corrected chi connectivity index (χ0v) is 12.8. The number of carboxylic acids is 1. The first-order valence-corrected chi connectivity index (χ1v) is 7.48. The molecule has 1 amide bonds. The van der Waals surface area contributed by atoms with Crippen molar-refractivity contribution in [2.45, 2.75) is 39.5 Å². The van der Waals surface area contributed by atoms with Gasteiger partial charge in [-0.15, -0.1) is 0 Å². The summed E-state index contributed by atoms with van der Waals surface area (Å²) in [6.45, 7) is 4.78. The van der Waals surface area contributed by atoms with Crippen LogP contribution in [0.15, 0.2) is 24.3 Å². The Morgan fingerprint density at radius 1 is 1.33 bits per heavy atom. The zero-order chi connectivity index (χ0) is 15.5. The maximum Gasteiger partial charge on any atom is 0.311 e. The number of amides is 1. The minimum Gasteiger partial charge on any atom is -0.481 e. The first-order valence-electron chi connectivity index (χ1n) is 7.48. The van der Waals surface area contributed by atoms with Crippen molar-refractivity contribution in [1.82, 2.24) is 4.90 Å². The first kappa shape index (κ1) is 15.5. The monoisotopic (exact) mass is 289 g/mol. The third kappa shape index (κ3) is 3.63. The molecule has 1 aliphatic heterocycles. The molecule has 21 heavy (non-hydrogen) atoms. The van der Waals surface area contributed by atoms with Crippen LogP contribution in [0.1, 0.15) is 37.3 Å². The van der Waals surface area contributed by atoms with E-state index in [2.05, 4.69) is 0 Å². The lowest BCUT2D eigenvalue weighted by atomic mass is 9.82. The second kappa shape index (κ2) is 6.29. The Morgan fingerprint density at radius 2 is 2.05 bits per heavy atom. The van der Waals surface area contributed by atoms with Gasteiger partial charge >= 0.3 is 5.97 Å². The molecule has 0 aliphatic carbocycles. The van der Waals surface area contributed by atoms with E-state index in [1.165, 1.54) is 11.1 Å². The normalized spacial score (nSPS) is 22.1. The van der Waals surface area contributed by atoms with Crippen molar-refractivity contribution in [3.05, 3.63) is 35.4 Å². The van der Waals surface area contributed by atoms with Crippen molar-refractivity contribution >= 4 is 11.9 Å². The van der Waals surface area contributed by atoms with E-state index in [0.717, 1.165) is 6.42 Å². The number of carbonyl (C=O) groups excluding carboxylic acids is 1. The van der Waals surface area contributed by atoms with Crippen LogP contribution in [0.3, 0.4) is 0 Å². The number of hydrogen-bond donors (Lipinski definition) is 1. The van der Waals surface area contributed by atoms with E-state index in [4.69, 9.17) is 0 Å². The molecule has 1 aliphatic rings. The summed E-state index contributed by atoms with van der Waals surface area (Å²) in [6.07, 6.45) is 2.56. The van der Waals surface area contributed by atoms with Gasteiger partial charge in [-0.2, -0.15) is 0 Å². The molecular formula is C17H23NO3. The van der Waals surface area contributed by atoms with Gasteiger partial charge in [-0.3, -0.25) is 9.59 Å². The topological polar surface area (TPSA) is 57.6 Å². The van der Waals surface area contributed by atoms with Crippen LogP contribution >= 0.6 is 0 Å². The Morgan fingerprint density at radius 3 is 2.71 bits per heavy atom. The number of piperidine rings is 1. The van der Waals surface area contributed by atoms with E-state index in [-0.39, 0.29) is 5.91 Å². The molecule has 1 saturated heterocycles. The largest absolute Gasteiger partial charge is 0.481 e. The highest BCUT2D eigenvalue weighted by Gasteiger charge is 2.39. The summed E-state index contributed by atoms with van der Waals surface area (Å²) in [4.78, 5) is 25.4. The molecule has 0 radical (unpaired) electrons. The standard InChI is InChI=1S/C17H23NO3/c1-13-6-3-4-7-14(13)8-9-15(19)18-11-5-10-17(2,12-18)16(20)21/h3-4,6-7H,5,8-12H2,1-2H3,(H,20,21). The highest BCUT2D eigenvalue weighted by molar-refractivity contribution is 5.79. The summed E-state index contributed by atoms with van der Waals surface area (Å²) in [5, 5.41) is 9.30. The van der Waals surface area contributed by atoms with Crippen LogP contribution in [-0.2, 0) is 16.0 Å². The van der Waals surface area contributed by atoms with E-state index < -0.39 is 11.4 Å². The Labute approximate surface area is 125 Å². The van der Waals surface area contributed by atoms with Gasteiger partial charge in [0.25, 0.3) is 0 Å². The number of hydrogen-bond acceptors (Lipinski definition) is 2. The van der Waals surface area contributed by atoms with Gasteiger partial charge in [0, 0.05) is 19.5 Å². The van der Waals surface area contributed by atoms with Gasteiger partial charge in [0.15, 0.2) is 0 Å². The van der Waals surface area contributed by atoms with Crippen LogP contribution in [-0.4, -0.2) is 35.0 Å². The Bertz CT molecular complexity index is 541. The predicted octanol–water partition coefficient (Wildman–Crippen LogP) is 2.64. The predicted molar refractivity (Wildman–Crippen MR) is 81.1 cm³/mol. The zero-order valence-electron chi connectivity index (χ0n) is 12.8. The molecule has 1 aromatic carbocycles. The van der Waals surface area contributed by atoms with Crippen molar-refractivity contribution in [2.75, 3.05) is 13.1 Å². The molecule has 114 valence electrons. The summed E-state index contributed by atoms with van der Waals surface area (Å²) < 4.78 is 0. The molecule has 1 N–H and O–H groups in total. The number of carboxylic acid groups (broad SMARTS) is 1. The minimum atomic E-state index is -0.807. The van der Waals surface area contributed by atoms with E-state index in [1.807, 2.05) is 31.2 Å². The summed E-state index contributed by atoms with van der Waals surface area (Å²) >= 11 is 0. The number of benzene rings is 1. The van der Waals surface area contributed by atoms with Crippen molar-refractivity contribution < 1.29 is 14.7 Å². The fourth-order valence-electron chi connectivity index (χ4n) is 2.92. The molecule has 4 nitrogen and oxygen atoms in total. The van der Waals surface area contributed by atoms with Crippen LogP contribution in [0.2, 0.25) is 0 Å². The molecule has 0 bridgehead atoms. The van der Waals surface area contributed by atoms with Gasteiger partial charge in [0.2, 0.25) is 5.91 Å². The average molecular weight is 289 g/mol. The molecule has 2 rings (SSSR count). The third-order valence-corrected chi connectivity index (χ3v) is 4.43. The van der Waals surface area contributed by atoms with E-state index in [9.17, 15) is 14.7 Å². The van der Waals surface area contributed by atoms with Crippen LogP contribution in [0.4, 0.5) is 0 Å². The highest BCUT2D eigenvalue weighted by Crippen LogP contribution is 2.30. The Kier molecular flexibility index (Phi) is 4.66. The number of aryl methyl sites for hydroxylation is 2. The van der Waals surface area contributed by atoms with Gasteiger partial charge in [-0.25, -0.2) is 0 Å². The molecule has 0 spiro atoms. The smallest absolute Gasteiger partial charge is 0.311 e.